The van der Waals surface area contributed by atoms with E-state index in [4.69, 9.17) is 9.47 Å². The summed E-state index contributed by atoms with van der Waals surface area (Å²) < 4.78 is 11.2. The summed E-state index contributed by atoms with van der Waals surface area (Å²) in [6.45, 7) is 0. The molecule has 3 aromatic carbocycles. The van der Waals surface area contributed by atoms with E-state index < -0.39 is 5.79 Å². The van der Waals surface area contributed by atoms with Crippen LogP contribution in [0.5, 0.6) is 5.75 Å². The van der Waals surface area contributed by atoms with Crippen LogP contribution in [0.2, 0.25) is 0 Å². The first-order valence-electron chi connectivity index (χ1n) is 8.31. The predicted octanol–water partition coefficient (Wildman–Crippen LogP) is 2.57. The third-order valence-electron chi connectivity index (χ3n) is 4.92. The Hall–Kier alpha value is -2.62. The zero-order valence-corrected chi connectivity index (χ0v) is 14.3. The highest BCUT2D eigenvalue weighted by molar-refractivity contribution is 5.98. The van der Waals surface area contributed by atoms with Crippen molar-refractivity contribution in [2.75, 3.05) is 14.2 Å². The highest BCUT2D eigenvalue weighted by atomic mass is 16.6. The van der Waals surface area contributed by atoms with E-state index in [9.17, 15) is 5.11 Å². The van der Waals surface area contributed by atoms with Gasteiger partial charge in [-0.2, -0.15) is 0 Å². The van der Waals surface area contributed by atoms with Gasteiger partial charge in [0.05, 0.1) is 7.11 Å². The smallest absolute Gasteiger partial charge is 0.196 e. The third-order valence-corrected chi connectivity index (χ3v) is 4.92. The van der Waals surface area contributed by atoms with Crippen LogP contribution in [0.3, 0.4) is 0 Å². The lowest BCUT2D eigenvalue weighted by Crippen LogP contribution is -2.44. The van der Waals surface area contributed by atoms with Crippen LogP contribution in [-0.4, -0.2) is 25.1 Å². The topological polar surface area (TPSA) is 38.7 Å². The molecule has 3 aromatic rings. The Kier molecular flexibility index (Phi) is 3.83. The molecule has 4 rings (SSSR count). The van der Waals surface area contributed by atoms with Crippen molar-refractivity contribution in [2.45, 2.75) is 12.2 Å². The predicted molar refractivity (Wildman–Crippen MR) is 99.7 cm³/mol. The number of benzene rings is 3. The fourth-order valence-corrected chi connectivity index (χ4v) is 3.66. The summed E-state index contributed by atoms with van der Waals surface area (Å²) in [6.07, 6.45) is 2.40. The zero-order chi connectivity index (χ0) is 17.4. The fraction of sp³-hybridized carbons (Fsp3) is 0.182. The number of ether oxygens (including phenoxy) is 2. The quantitative estimate of drug-likeness (QED) is 0.749. The number of fused-ring (bicyclic) bond motifs is 2. The molecule has 0 fully saturated rings. The standard InChI is InChI=1S/C22H20O3/c1-24-19-12-11-15-7-3-5-9-17(15)20(19)21-18-10-6-4-8-16(18)13-14-22(21,23)25-2/h3-13,23H,14H2,1-2H3. The van der Waals surface area contributed by atoms with Gasteiger partial charge >= 0.3 is 0 Å². The molecule has 0 saturated carbocycles. The van der Waals surface area contributed by atoms with Crippen LogP contribution in [0.4, 0.5) is 0 Å². The maximum absolute atomic E-state index is 11.3. The van der Waals surface area contributed by atoms with Crippen LogP contribution >= 0.6 is 0 Å². The number of rotatable bonds is 3. The molecule has 1 aliphatic rings. The van der Waals surface area contributed by atoms with Gasteiger partial charge in [0.2, 0.25) is 0 Å². The minimum atomic E-state index is -1.40. The Labute approximate surface area is 146 Å². The van der Waals surface area contributed by atoms with Crippen molar-refractivity contribution in [2.24, 2.45) is 0 Å². The van der Waals surface area contributed by atoms with Gasteiger partial charge in [0.25, 0.3) is 0 Å². The molecule has 126 valence electrons. The number of hydrogen-bond acceptors (Lipinski definition) is 3. The van der Waals surface area contributed by atoms with Crippen LogP contribution in [0.1, 0.15) is 12.0 Å². The molecule has 1 N–H and O–H groups in total. The van der Waals surface area contributed by atoms with Crippen LogP contribution in [0.15, 0.2) is 60.7 Å². The van der Waals surface area contributed by atoms with Gasteiger partial charge in [0, 0.05) is 24.7 Å². The Morgan fingerprint density at radius 3 is 2.48 bits per heavy atom. The van der Waals surface area contributed by atoms with Crippen molar-refractivity contribution in [1.82, 2.24) is 0 Å². The van der Waals surface area contributed by atoms with E-state index in [1.165, 1.54) is 0 Å². The molecule has 1 aliphatic carbocycles. The first-order chi connectivity index (χ1) is 12.2. The van der Waals surface area contributed by atoms with Crippen LogP contribution < -0.4 is 15.2 Å². The third kappa shape index (κ3) is 2.44. The van der Waals surface area contributed by atoms with Gasteiger partial charge < -0.3 is 14.6 Å². The maximum Gasteiger partial charge on any atom is 0.196 e. The van der Waals surface area contributed by atoms with Gasteiger partial charge in [-0.3, -0.25) is 0 Å². The van der Waals surface area contributed by atoms with E-state index in [1.54, 1.807) is 14.2 Å². The lowest BCUT2D eigenvalue weighted by molar-refractivity contribution is -0.132. The van der Waals surface area contributed by atoms with Crippen molar-refractivity contribution in [3.05, 3.63) is 76.7 Å². The minimum absolute atomic E-state index is 0.391. The highest BCUT2D eigenvalue weighted by Crippen LogP contribution is 2.39. The van der Waals surface area contributed by atoms with Gasteiger partial charge in [-0.05, 0) is 27.3 Å². The summed E-state index contributed by atoms with van der Waals surface area (Å²) in [5.41, 5.74) is 1.63. The maximum atomic E-state index is 11.3. The molecule has 0 radical (unpaired) electrons. The lowest BCUT2D eigenvalue weighted by Gasteiger charge is -2.32. The molecule has 1 atom stereocenters. The van der Waals surface area contributed by atoms with Crippen molar-refractivity contribution in [1.29, 1.82) is 0 Å². The highest BCUT2D eigenvalue weighted by Gasteiger charge is 2.36. The van der Waals surface area contributed by atoms with E-state index in [0.29, 0.717) is 6.42 Å². The molecular formula is C22H20O3. The SMILES string of the molecule is COc1ccc2ccccc2c1C1=c2ccccc2=CCC1(O)OC. The largest absolute Gasteiger partial charge is 0.496 e. The van der Waals surface area contributed by atoms with Crippen molar-refractivity contribution >= 4 is 22.4 Å². The van der Waals surface area contributed by atoms with Gasteiger partial charge in [-0.1, -0.05) is 60.7 Å². The molecule has 3 nitrogen and oxygen atoms in total. The van der Waals surface area contributed by atoms with Crippen molar-refractivity contribution in [3.63, 3.8) is 0 Å². The Morgan fingerprint density at radius 2 is 1.68 bits per heavy atom. The van der Waals surface area contributed by atoms with Crippen LogP contribution in [-0.2, 0) is 4.74 Å². The van der Waals surface area contributed by atoms with Crippen molar-refractivity contribution < 1.29 is 14.6 Å². The van der Waals surface area contributed by atoms with Gasteiger partial charge in [-0.25, -0.2) is 0 Å². The molecule has 0 aliphatic heterocycles. The first kappa shape index (κ1) is 15.9. The number of hydrogen-bond donors (Lipinski definition) is 1. The van der Waals surface area contributed by atoms with Crippen LogP contribution in [0, 0.1) is 0 Å². The van der Waals surface area contributed by atoms with E-state index in [-0.39, 0.29) is 0 Å². The summed E-state index contributed by atoms with van der Waals surface area (Å²) >= 11 is 0. The fourth-order valence-electron chi connectivity index (χ4n) is 3.66. The molecule has 0 heterocycles. The van der Waals surface area contributed by atoms with E-state index in [0.717, 1.165) is 38.1 Å². The first-order valence-corrected chi connectivity index (χ1v) is 8.31. The van der Waals surface area contributed by atoms with E-state index in [1.807, 2.05) is 48.5 Å². The number of aliphatic hydroxyl groups is 1. The summed E-state index contributed by atoms with van der Waals surface area (Å²) in [6, 6.07) is 20.2. The van der Waals surface area contributed by atoms with E-state index in [2.05, 4.69) is 18.2 Å². The monoisotopic (exact) mass is 332 g/mol. The van der Waals surface area contributed by atoms with Gasteiger partial charge in [0.15, 0.2) is 5.79 Å². The number of methoxy groups -OCH3 is 2. The molecule has 3 heteroatoms. The average Bonchev–Trinajstić information content (AvgIpc) is 2.67. The molecule has 25 heavy (non-hydrogen) atoms. The van der Waals surface area contributed by atoms with Gasteiger partial charge in [-0.15, -0.1) is 0 Å². The second kappa shape index (κ2) is 6.03. The second-order valence-electron chi connectivity index (χ2n) is 6.22. The Balaban J connectivity index is 2.23. The summed E-state index contributed by atoms with van der Waals surface area (Å²) in [4.78, 5) is 0. The molecule has 1 unspecified atom stereocenters. The van der Waals surface area contributed by atoms with Crippen molar-refractivity contribution in [3.8, 4) is 5.75 Å². The zero-order valence-electron chi connectivity index (χ0n) is 14.3. The average molecular weight is 332 g/mol. The molecular weight excluding hydrogens is 312 g/mol. The Bertz CT molecular complexity index is 1070. The second-order valence-corrected chi connectivity index (χ2v) is 6.22. The summed E-state index contributed by atoms with van der Waals surface area (Å²) in [7, 11) is 3.19. The molecule has 0 aromatic heterocycles. The molecule has 0 bridgehead atoms. The summed E-state index contributed by atoms with van der Waals surface area (Å²) in [5, 5.41) is 15.5. The summed E-state index contributed by atoms with van der Waals surface area (Å²) in [5.74, 6) is -0.674. The normalized spacial score (nSPS) is 19.4. The molecule has 0 spiro atoms. The minimum Gasteiger partial charge on any atom is -0.496 e. The molecule has 0 saturated heterocycles. The lowest BCUT2D eigenvalue weighted by atomic mass is 9.85. The molecule has 0 amide bonds. The Morgan fingerprint density at radius 1 is 0.920 bits per heavy atom. The van der Waals surface area contributed by atoms with Gasteiger partial charge in [0.1, 0.15) is 5.75 Å². The van der Waals surface area contributed by atoms with E-state index >= 15 is 0 Å². The van der Waals surface area contributed by atoms with Crippen LogP contribution in [0.25, 0.3) is 22.4 Å².